The number of anilines is 1. The van der Waals surface area contributed by atoms with Crippen LogP contribution in [-0.2, 0) is 9.53 Å². The summed E-state index contributed by atoms with van der Waals surface area (Å²) in [5.74, 6) is -0.668. The lowest BCUT2D eigenvalue weighted by atomic mass is 10.2. The summed E-state index contributed by atoms with van der Waals surface area (Å²) in [7, 11) is 1.59. The number of ether oxygens (including phenoxy) is 1. The van der Waals surface area contributed by atoms with Crippen molar-refractivity contribution in [3.05, 3.63) is 42.7 Å². The Balaban J connectivity index is 1.93. The van der Waals surface area contributed by atoms with E-state index in [9.17, 15) is 9.18 Å². The molecule has 0 unspecified atom stereocenters. The van der Waals surface area contributed by atoms with Gasteiger partial charge in [0.1, 0.15) is 5.82 Å². The van der Waals surface area contributed by atoms with Gasteiger partial charge >= 0.3 is 0 Å². The Morgan fingerprint density at radius 2 is 2.33 bits per heavy atom. The average molecular weight is 292 g/mol. The highest BCUT2D eigenvalue weighted by atomic mass is 19.1. The molecule has 0 saturated carbocycles. The van der Waals surface area contributed by atoms with Crippen LogP contribution in [0.1, 0.15) is 0 Å². The molecule has 1 amide bonds. The number of amides is 1. The van der Waals surface area contributed by atoms with Gasteiger partial charge in [0.15, 0.2) is 0 Å². The summed E-state index contributed by atoms with van der Waals surface area (Å²) in [4.78, 5) is 15.5. The second-order valence-electron chi connectivity index (χ2n) is 4.35. The predicted molar refractivity (Wildman–Crippen MR) is 76.9 cm³/mol. The number of methoxy groups -OCH3 is 1. The van der Waals surface area contributed by atoms with Crippen LogP contribution in [0.5, 0.6) is 0 Å². The van der Waals surface area contributed by atoms with E-state index in [1.165, 1.54) is 12.4 Å². The van der Waals surface area contributed by atoms with E-state index in [0.29, 0.717) is 24.5 Å². The first-order valence-electron chi connectivity index (χ1n) is 6.48. The fourth-order valence-corrected chi connectivity index (χ4v) is 1.78. The number of nitrogens with zero attached hydrogens (tertiary/aromatic N) is 2. The standard InChI is InChI=1S/C14H17FN4O2/c1-21-7-5-16-9-14(20)18-11-2-3-13(12(15)8-11)19-6-4-17-10-19/h2-4,6,8,10,16H,5,7,9H2,1H3,(H,18,20). The monoisotopic (exact) mass is 292 g/mol. The molecule has 112 valence electrons. The molecule has 2 N–H and O–H groups in total. The molecule has 0 spiro atoms. The summed E-state index contributed by atoms with van der Waals surface area (Å²) >= 11 is 0. The molecule has 2 rings (SSSR count). The normalized spacial score (nSPS) is 10.6. The number of nitrogens with one attached hydrogen (secondary N) is 2. The summed E-state index contributed by atoms with van der Waals surface area (Å²) in [5, 5.41) is 5.54. The fraction of sp³-hybridized carbons (Fsp3) is 0.286. The number of benzene rings is 1. The van der Waals surface area contributed by atoms with Gasteiger partial charge in [0.2, 0.25) is 5.91 Å². The van der Waals surface area contributed by atoms with Gasteiger partial charge in [-0.2, -0.15) is 0 Å². The summed E-state index contributed by atoms with van der Waals surface area (Å²) in [6.45, 7) is 1.26. The Morgan fingerprint density at radius 3 is 3.00 bits per heavy atom. The van der Waals surface area contributed by atoms with Crippen LogP contribution in [0.2, 0.25) is 0 Å². The van der Waals surface area contributed by atoms with E-state index in [2.05, 4.69) is 15.6 Å². The summed E-state index contributed by atoms with van der Waals surface area (Å²) in [6, 6.07) is 4.51. The summed E-state index contributed by atoms with van der Waals surface area (Å²) < 4.78 is 20.4. The molecule has 0 aliphatic rings. The Hall–Kier alpha value is -2.25. The van der Waals surface area contributed by atoms with Crippen LogP contribution in [0.3, 0.4) is 0 Å². The molecule has 0 radical (unpaired) electrons. The smallest absolute Gasteiger partial charge is 0.238 e. The lowest BCUT2D eigenvalue weighted by Gasteiger charge is -2.09. The van der Waals surface area contributed by atoms with Crippen LogP contribution < -0.4 is 10.6 Å². The highest BCUT2D eigenvalue weighted by Crippen LogP contribution is 2.17. The second kappa shape index (κ2) is 7.51. The van der Waals surface area contributed by atoms with E-state index >= 15 is 0 Å². The lowest BCUT2D eigenvalue weighted by Crippen LogP contribution is -2.30. The number of rotatable bonds is 7. The fourth-order valence-electron chi connectivity index (χ4n) is 1.78. The molecular weight excluding hydrogens is 275 g/mol. The van der Waals surface area contributed by atoms with Crippen molar-refractivity contribution in [1.82, 2.24) is 14.9 Å². The molecule has 1 aromatic heterocycles. The average Bonchev–Trinajstić information content (AvgIpc) is 2.98. The van der Waals surface area contributed by atoms with E-state index in [1.54, 1.807) is 36.2 Å². The number of imidazole rings is 1. The third-order valence-corrected chi connectivity index (χ3v) is 2.78. The van der Waals surface area contributed by atoms with Gasteiger partial charge in [-0.1, -0.05) is 0 Å². The number of aromatic nitrogens is 2. The number of carbonyl (C=O) groups is 1. The quantitative estimate of drug-likeness (QED) is 0.752. The van der Waals surface area contributed by atoms with Crippen molar-refractivity contribution in [1.29, 1.82) is 0 Å². The van der Waals surface area contributed by atoms with Gasteiger partial charge in [-0.15, -0.1) is 0 Å². The zero-order valence-electron chi connectivity index (χ0n) is 11.7. The molecule has 21 heavy (non-hydrogen) atoms. The zero-order valence-corrected chi connectivity index (χ0v) is 11.7. The molecule has 0 atom stereocenters. The topological polar surface area (TPSA) is 68.2 Å². The molecule has 1 aromatic carbocycles. The van der Waals surface area contributed by atoms with Crippen molar-refractivity contribution in [2.75, 3.05) is 32.1 Å². The largest absolute Gasteiger partial charge is 0.383 e. The van der Waals surface area contributed by atoms with Crippen molar-refractivity contribution in [2.24, 2.45) is 0 Å². The maximum atomic E-state index is 14.0. The maximum absolute atomic E-state index is 14.0. The lowest BCUT2D eigenvalue weighted by molar-refractivity contribution is -0.115. The molecule has 0 aliphatic carbocycles. The number of halogens is 1. The number of hydrogen-bond acceptors (Lipinski definition) is 4. The van der Waals surface area contributed by atoms with E-state index < -0.39 is 5.82 Å². The van der Waals surface area contributed by atoms with Gasteiger partial charge < -0.3 is 19.9 Å². The number of carbonyl (C=O) groups excluding carboxylic acids is 1. The maximum Gasteiger partial charge on any atom is 0.238 e. The molecule has 1 heterocycles. The van der Waals surface area contributed by atoms with Gasteiger partial charge in [0.05, 0.1) is 25.2 Å². The van der Waals surface area contributed by atoms with Crippen LogP contribution in [0, 0.1) is 5.82 Å². The zero-order chi connectivity index (χ0) is 15.1. The Bertz CT molecular complexity index is 587. The highest BCUT2D eigenvalue weighted by molar-refractivity contribution is 5.92. The summed E-state index contributed by atoms with van der Waals surface area (Å²) in [6.07, 6.45) is 4.73. The third kappa shape index (κ3) is 4.37. The molecule has 0 fully saturated rings. The Kier molecular flexibility index (Phi) is 5.42. The summed E-state index contributed by atoms with van der Waals surface area (Å²) in [5.41, 5.74) is 0.790. The minimum absolute atomic E-state index is 0.147. The van der Waals surface area contributed by atoms with Gasteiger partial charge in [-0.3, -0.25) is 4.79 Å². The molecular formula is C14H17FN4O2. The van der Waals surface area contributed by atoms with E-state index in [1.807, 2.05) is 0 Å². The first-order chi connectivity index (χ1) is 10.2. The van der Waals surface area contributed by atoms with Crippen molar-refractivity contribution in [3.63, 3.8) is 0 Å². The molecule has 0 aliphatic heterocycles. The first-order valence-corrected chi connectivity index (χ1v) is 6.48. The minimum atomic E-state index is -0.432. The van der Waals surface area contributed by atoms with Gasteiger partial charge in [0.25, 0.3) is 0 Å². The van der Waals surface area contributed by atoms with Gasteiger partial charge in [-0.05, 0) is 18.2 Å². The van der Waals surface area contributed by atoms with E-state index in [0.717, 1.165) is 0 Å². The van der Waals surface area contributed by atoms with Crippen LogP contribution in [0.4, 0.5) is 10.1 Å². The molecule has 2 aromatic rings. The Labute approximate surface area is 121 Å². The first kappa shape index (κ1) is 15.1. The van der Waals surface area contributed by atoms with E-state index in [4.69, 9.17) is 4.74 Å². The second-order valence-corrected chi connectivity index (χ2v) is 4.35. The molecule has 6 nitrogen and oxygen atoms in total. The molecule has 0 saturated heterocycles. The van der Waals surface area contributed by atoms with Crippen molar-refractivity contribution in [3.8, 4) is 5.69 Å². The van der Waals surface area contributed by atoms with Crippen molar-refractivity contribution >= 4 is 11.6 Å². The molecule has 0 bridgehead atoms. The minimum Gasteiger partial charge on any atom is -0.383 e. The third-order valence-electron chi connectivity index (χ3n) is 2.78. The van der Waals surface area contributed by atoms with Crippen LogP contribution in [-0.4, -0.2) is 42.3 Å². The molecule has 7 heteroatoms. The highest BCUT2D eigenvalue weighted by Gasteiger charge is 2.07. The van der Waals surface area contributed by atoms with E-state index in [-0.39, 0.29) is 12.5 Å². The van der Waals surface area contributed by atoms with Crippen molar-refractivity contribution < 1.29 is 13.9 Å². The number of hydrogen-bond donors (Lipinski definition) is 2. The van der Waals surface area contributed by atoms with Gasteiger partial charge in [-0.25, -0.2) is 9.37 Å². The predicted octanol–water partition coefficient (Wildman–Crippen LogP) is 1.19. The van der Waals surface area contributed by atoms with Crippen LogP contribution >= 0.6 is 0 Å². The van der Waals surface area contributed by atoms with Gasteiger partial charge in [0, 0.05) is 31.7 Å². The Morgan fingerprint density at radius 1 is 1.48 bits per heavy atom. The van der Waals surface area contributed by atoms with Crippen LogP contribution in [0.15, 0.2) is 36.9 Å². The van der Waals surface area contributed by atoms with Crippen molar-refractivity contribution in [2.45, 2.75) is 0 Å². The SMILES string of the molecule is COCCNCC(=O)Nc1ccc(-n2ccnc2)c(F)c1. The van der Waals surface area contributed by atoms with Crippen LogP contribution in [0.25, 0.3) is 5.69 Å².